The van der Waals surface area contributed by atoms with Gasteiger partial charge >= 0.3 is 6.09 Å². The molecule has 1 amide bonds. The van der Waals surface area contributed by atoms with Crippen molar-refractivity contribution in [2.24, 2.45) is 0 Å². The second-order valence-corrected chi connectivity index (χ2v) is 3.05. The second kappa shape index (κ2) is 4.14. The maximum Gasteiger partial charge on any atom is 0.408 e. The van der Waals surface area contributed by atoms with Crippen molar-refractivity contribution in [2.75, 3.05) is 7.05 Å². The molecule has 0 saturated carbocycles. The van der Waals surface area contributed by atoms with E-state index in [1.54, 1.807) is 12.1 Å². The summed E-state index contributed by atoms with van der Waals surface area (Å²) < 4.78 is 0. The van der Waals surface area contributed by atoms with Crippen molar-refractivity contribution in [3.8, 4) is 0 Å². The van der Waals surface area contributed by atoms with Gasteiger partial charge in [0.1, 0.15) is 5.50 Å². The van der Waals surface area contributed by atoms with Crippen LogP contribution < -0.4 is 0 Å². The fraction of sp³-hybridized carbons (Fsp3) is 0.222. The third kappa shape index (κ3) is 2.36. The molecule has 0 heterocycles. The molecule has 13 heavy (non-hydrogen) atoms. The molecule has 0 aliphatic carbocycles. The van der Waals surface area contributed by atoms with Crippen molar-refractivity contribution in [3.05, 3.63) is 35.9 Å². The lowest BCUT2D eigenvalue weighted by atomic mass is 10.2. The summed E-state index contributed by atoms with van der Waals surface area (Å²) in [6.45, 7) is 0. The molecule has 70 valence electrons. The topological polar surface area (TPSA) is 40.5 Å². The van der Waals surface area contributed by atoms with Crippen molar-refractivity contribution in [2.45, 2.75) is 5.50 Å². The molecule has 1 atom stereocenters. The molecule has 1 unspecified atom stereocenters. The van der Waals surface area contributed by atoms with Gasteiger partial charge in [-0.3, -0.25) is 4.90 Å². The highest BCUT2D eigenvalue weighted by molar-refractivity contribution is 6.21. The highest BCUT2D eigenvalue weighted by Crippen LogP contribution is 2.22. The van der Waals surface area contributed by atoms with E-state index in [4.69, 9.17) is 16.7 Å². The maximum atomic E-state index is 10.6. The molecule has 0 bridgehead atoms. The molecule has 1 N–H and O–H groups in total. The van der Waals surface area contributed by atoms with Crippen LogP contribution in [0.25, 0.3) is 0 Å². The van der Waals surface area contributed by atoms with Crippen LogP contribution in [-0.2, 0) is 0 Å². The Morgan fingerprint density at radius 1 is 1.46 bits per heavy atom. The maximum absolute atomic E-state index is 10.6. The summed E-state index contributed by atoms with van der Waals surface area (Å²) in [6, 6.07) is 9.07. The van der Waals surface area contributed by atoms with Gasteiger partial charge in [0.25, 0.3) is 0 Å². The first kappa shape index (κ1) is 9.86. The number of halogens is 1. The molecule has 0 saturated heterocycles. The van der Waals surface area contributed by atoms with Crippen LogP contribution in [0.15, 0.2) is 30.3 Å². The number of benzene rings is 1. The van der Waals surface area contributed by atoms with E-state index in [1.807, 2.05) is 18.2 Å². The lowest BCUT2D eigenvalue weighted by molar-refractivity contribution is 0.151. The normalized spacial score (nSPS) is 12.2. The fourth-order valence-corrected chi connectivity index (χ4v) is 1.16. The smallest absolute Gasteiger partial charge is 0.408 e. The van der Waals surface area contributed by atoms with Crippen molar-refractivity contribution < 1.29 is 9.90 Å². The third-order valence-electron chi connectivity index (χ3n) is 1.72. The Hall–Kier alpha value is -1.22. The van der Waals surface area contributed by atoms with Gasteiger partial charge in [-0.25, -0.2) is 4.79 Å². The molecule has 0 fully saturated rings. The van der Waals surface area contributed by atoms with Gasteiger partial charge in [0.2, 0.25) is 0 Å². The van der Waals surface area contributed by atoms with E-state index in [-0.39, 0.29) is 0 Å². The SMILES string of the molecule is CN(C(=O)O)C(Cl)c1ccccc1. The zero-order valence-electron chi connectivity index (χ0n) is 7.14. The summed E-state index contributed by atoms with van der Waals surface area (Å²) in [5, 5.41) is 8.66. The molecule has 1 rings (SSSR count). The Kier molecular flexibility index (Phi) is 3.14. The molecular formula is C9H10ClNO2. The van der Waals surface area contributed by atoms with Crippen LogP contribution in [-0.4, -0.2) is 23.1 Å². The van der Waals surface area contributed by atoms with Crippen LogP contribution in [0.3, 0.4) is 0 Å². The molecule has 3 nitrogen and oxygen atoms in total. The Balaban J connectivity index is 2.79. The Morgan fingerprint density at radius 2 is 2.00 bits per heavy atom. The molecule has 1 aromatic rings. The molecule has 1 aromatic carbocycles. The van der Waals surface area contributed by atoms with Crippen LogP contribution in [0.2, 0.25) is 0 Å². The predicted molar refractivity (Wildman–Crippen MR) is 50.8 cm³/mol. The Labute approximate surface area is 81.5 Å². The number of rotatable bonds is 2. The van der Waals surface area contributed by atoms with Gasteiger partial charge in [0.15, 0.2) is 0 Å². The summed E-state index contributed by atoms with van der Waals surface area (Å²) in [5.41, 5.74) is 0.146. The number of hydrogen-bond acceptors (Lipinski definition) is 1. The van der Waals surface area contributed by atoms with E-state index in [1.165, 1.54) is 7.05 Å². The molecule has 0 radical (unpaired) electrons. The van der Waals surface area contributed by atoms with Gasteiger partial charge in [-0.1, -0.05) is 41.9 Å². The first-order chi connectivity index (χ1) is 6.13. The Bertz CT molecular complexity index is 289. The van der Waals surface area contributed by atoms with Gasteiger partial charge in [-0.15, -0.1) is 0 Å². The largest absolute Gasteiger partial charge is 0.465 e. The van der Waals surface area contributed by atoms with E-state index in [2.05, 4.69) is 0 Å². The van der Waals surface area contributed by atoms with Crippen molar-refractivity contribution in [1.29, 1.82) is 0 Å². The summed E-state index contributed by atoms with van der Waals surface area (Å²) in [4.78, 5) is 11.6. The third-order valence-corrected chi connectivity index (χ3v) is 2.26. The van der Waals surface area contributed by atoms with E-state index < -0.39 is 11.6 Å². The minimum atomic E-state index is -1.04. The zero-order valence-corrected chi connectivity index (χ0v) is 7.90. The quantitative estimate of drug-likeness (QED) is 0.588. The van der Waals surface area contributed by atoms with E-state index >= 15 is 0 Å². The van der Waals surface area contributed by atoms with Gasteiger partial charge < -0.3 is 5.11 Å². The average molecular weight is 200 g/mol. The van der Waals surface area contributed by atoms with E-state index in [0.717, 1.165) is 10.5 Å². The number of nitrogens with zero attached hydrogens (tertiary/aromatic N) is 1. The molecule has 0 spiro atoms. The standard InChI is InChI=1S/C9H10ClNO2/c1-11(9(12)13)8(10)7-5-3-2-4-6-7/h2-6,8H,1H3,(H,12,13). The van der Waals surface area contributed by atoms with Crippen LogP contribution in [0.1, 0.15) is 11.1 Å². The minimum Gasteiger partial charge on any atom is -0.465 e. The molecule has 0 aliphatic rings. The van der Waals surface area contributed by atoms with E-state index in [9.17, 15) is 4.79 Å². The van der Waals surface area contributed by atoms with Crippen LogP contribution in [0, 0.1) is 0 Å². The van der Waals surface area contributed by atoms with Crippen LogP contribution >= 0.6 is 11.6 Å². The lowest BCUT2D eigenvalue weighted by Gasteiger charge is -2.19. The fourth-order valence-electron chi connectivity index (χ4n) is 0.932. The first-order valence-electron chi connectivity index (χ1n) is 3.77. The monoisotopic (exact) mass is 199 g/mol. The summed E-state index contributed by atoms with van der Waals surface area (Å²) >= 11 is 5.90. The summed E-state index contributed by atoms with van der Waals surface area (Å²) in [7, 11) is 1.44. The zero-order chi connectivity index (χ0) is 9.84. The molecule has 4 heteroatoms. The highest BCUT2D eigenvalue weighted by atomic mass is 35.5. The van der Waals surface area contributed by atoms with Crippen molar-refractivity contribution in [1.82, 2.24) is 4.90 Å². The number of alkyl halides is 1. The predicted octanol–water partition coefficient (Wildman–Crippen LogP) is 2.53. The van der Waals surface area contributed by atoms with Crippen molar-refractivity contribution in [3.63, 3.8) is 0 Å². The molecule has 0 aliphatic heterocycles. The van der Waals surface area contributed by atoms with Gasteiger partial charge in [0, 0.05) is 7.05 Å². The summed E-state index contributed by atoms with van der Waals surface area (Å²) in [5.74, 6) is 0. The van der Waals surface area contributed by atoms with E-state index in [0.29, 0.717) is 0 Å². The van der Waals surface area contributed by atoms with Gasteiger partial charge in [-0.2, -0.15) is 0 Å². The van der Waals surface area contributed by atoms with Crippen molar-refractivity contribution >= 4 is 17.7 Å². The number of hydrogen-bond donors (Lipinski definition) is 1. The van der Waals surface area contributed by atoms with Gasteiger partial charge in [-0.05, 0) is 5.56 Å². The van der Waals surface area contributed by atoms with Gasteiger partial charge in [0.05, 0.1) is 0 Å². The Morgan fingerprint density at radius 3 is 2.46 bits per heavy atom. The van der Waals surface area contributed by atoms with Crippen LogP contribution in [0.4, 0.5) is 4.79 Å². The minimum absolute atomic E-state index is 0.626. The first-order valence-corrected chi connectivity index (χ1v) is 4.21. The number of amides is 1. The van der Waals surface area contributed by atoms with Crippen LogP contribution in [0.5, 0.6) is 0 Å². The average Bonchev–Trinajstić information content (AvgIpc) is 2.17. The lowest BCUT2D eigenvalue weighted by Crippen LogP contribution is -2.26. The number of carboxylic acid groups (broad SMARTS) is 1. The number of carbonyl (C=O) groups is 1. The summed E-state index contributed by atoms with van der Waals surface area (Å²) in [6.07, 6.45) is -1.04. The highest BCUT2D eigenvalue weighted by Gasteiger charge is 2.17. The second-order valence-electron chi connectivity index (χ2n) is 2.64. The molecular weight excluding hydrogens is 190 g/mol. The molecule has 0 aromatic heterocycles.